The van der Waals surface area contributed by atoms with Crippen LogP contribution in [-0.2, 0) is 0 Å². The molecule has 0 aliphatic heterocycles. The zero-order chi connectivity index (χ0) is 57.3. The van der Waals surface area contributed by atoms with E-state index < -0.39 is 12.0 Å². The fraction of sp³-hybridized carbons (Fsp3) is 0.787. The molecule has 0 heterocycles. The van der Waals surface area contributed by atoms with Crippen molar-refractivity contribution < 1.29 is 10.2 Å². The standard InChI is InChI=1S/C75H138N2O2/c1-6-10-14-18-22-26-30-34-38-42-46-50-54-58-62-66-70-76(71-67-63-59-55-51-47-43-39-35-31-27-23-19-15-11-7-2)75(79,74(5)78)77(72-68-64-60-56-52-48-44-40-36-32-28-24-20-16-12-8-3)73-69-65-61-57-53-49-45-41-37-33-29-25-21-17-13-9-4/h22-29,34-41,74,78-79H,6-21,30-33,42-73H2,1-5H3/b26-22-,27-23-,28-24-,29-25-,38-34-,39-35-,40-36-,41-37-. The summed E-state index contributed by atoms with van der Waals surface area (Å²) in [6.45, 7) is 14.3. The van der Waals surface area contributed by atoms with Crippen LogP contribution in [0.3, 0.4) is 0 Å². The summed E-state index contributed by atoms with van der Waals surface area (Å²) in [6, 6.07) is 0. The number of unbranched alkanes of at least 4 members (excludes halogenated alkanes) is 36. The number of rotatable bonds is 63. The van der Waals surface area contributed by atoms with Crippen LogP contribution in [0.25, 0.3) is 0 Å². The summed E-state index contributed by atoms with van der Waals surface area (Å²) >= 11 is 0. The van der Waals surface area contributed by atoms with Crippen molar-refractivity contribution >= 4 is 0 Å². The lowest BCUT2D eigenvalue weighted by Crippen LogP contribution is -2.67. The maximum absolute atomic E-state index is 13.1. The second-order valence-corrected chi connectivity index (χ2v) is 23.7. The van der Waals surface area contributed by atoms with Gasteiger partial charge in [-0.05, 0) is 161 Å². The molecule has 0 saturated carbocycles. The molecule has 0 spiro atoms. The van der Waals surface area contributed by atoms with Gasteiger partial charge in [0, 0.05) is 26.2 Å². The molecule has 0 fully saturated rings. The molecule has 0 aliphatic rings. The molecule has 79 heavy (non-hydrogen) atoms. The van der Waals surface area contributed by atoms with Gasteiger partial charge in [0.2, 0.25) is 5.85 Å². The minimum atomic E-state index is -1.35. The summed E-state index contributed by atoms with van der Waals surface area (Å²) in [5.41, 5.74) is 0. The van der Waals surface area contributed by atoms with Crippen LogP contribution in [0.1, 0.15) is 343 Å². The van der Waals surface area contributed by atoms with Crippen molar-refractivity contribution in [3.63, 3.8) is 0 Å². The summed E-state index contributed by atoms with van der Waals surface area (Å²) in [5.74, 6) is -1.35. The highest BCUT2D eigenvalue weighted by Gasteiger charge is 2.44. The minimum Gasteiger partial charge on any atom is -0.387 e. The summed E-state index contributed by atoms with van der Waals surface area (Å²) in [5, 5.41) is 24.9. The Bertz CT molecular complexity index is 1240. The summed E-state index contributed by atoms with van der Waals surface area (Å²) in [4.78, 5) is 4.69. The summed E-state index contributed by atoms with van der Waals surface area (Å²) in [7, 11) is 0. The molecule has 460 valence electrons. The van der Waals surface area contributed by atoms with Crippen LogP contribution in [0.5, 0.6) is 0 Å². The molecule has 4 heteroatoms. The second-order valence-electron chi connectivity index (χ2n) is 23.7. The molecular weight excluding hydrogens is 961 g/mol. The van der Waals surface area contributed by atoms with Crippen molar-refractivity contribution in [2.24, 2.45) is 0 Å². The van der Waals surface area contributed by atoms with Crippen LogP contribution < -0.4 is 0 Å². The molecule has 0 aliphatic carbocycles. The molecule has 0 amide bonds. The molecule has 0 aromatic heterocycles. The molecule has 2 N–H and O–H groups in total. The Hall–Kier alpha value is -2.24. The van der Waals surface area contributed by atoms with Gasteiger partial charge in [-0.25, -0.2) is 0 Å². The lowest BCUT2D eigenvalue weighted by molar-refractivity contribution is -0.265. The fourth-order valence-corrected chi connectivity index (χ4v) is 10.8. The van der Waals surface area contributed by atoms with Gasteiger partial charge in [0.05, 0.1) is 0 Å². The molecule has 0 saturated heterocycles. The van der Waals surface area contributed by atoms with Gasteiger partial charge in [-0.2, -0.15) is 0 Å². The Labute approximate surface area is 495 Å². The van der Waals surface area contributed by atoms with Crippen molar-refractivity contribution in [3.05, 3.63) is 97.2 Å². The first-order chi connectivity index (χ1) is 39.0. The van der Waals surface area contributed by atoms with Crippen LogP contribution in [0, 0.1) is 0 Å². The van der Waals surface area contributed by atoms with E-state index in [9.17, 15) is 10.2 Å². The molecule has 0 rings (SSSR count). The Balaban J connectivity index is 5.56. The van der Waals surface area contributed by atoms with Crippen molar-refractivity contribution in [1.82, 2.24) is 9.80 Å². The normalized spacial score (nSPS) is 13.4. The molecule has 4 nitrogen and oxygen atoms in total. The van der Waals surface area contributed by atoms with Gasteiger partial charge in [-0.1, -0.05) is 279 Å². The molecule has 1 unspecified atom stereocenters. The van der Waals surface area contributed by atoms with E-state index in [0.717, 1.165) is 77.5 Å². The third-order valence-corrected chi connectivity index (χ3v) is 16.0. The van der Waals surface area contributed by atoms with Gasteiger partial charge in [0.15, 0.2) is 0 Å². The van der Waals surface area contributed by atoms with Gasteiger partial charge in [0.25, 0.3) is 0 Å². The van der Waals surface area contributed by atoms with E-state index in [2.05, 4.69) is 135 Å². The predicted octanol–water partition coefficient (Wildman–Crippen LogP) is 23.9. The largest absolute Gasteiger partial charge is 0.387 e. The number of nitrogens with zero attached hydrogens (tertiary/aromatic N) is 2. The highest BCUT2D eigenvalue weighted by atomic mass is 16.4. The Morgan fingerprint density at radius 3 is 0.595 bits per heavy atom. The molecule has 0 radical (unpaired) electrons. The first kappa shape index (κ1) is 76.8. The zero-order valence-electron chi connectivity index (χ0n) is 53.9. The van der Waals surface area contributed by atoms with Crippen molar-refractivity contribution in [1.29, 1.82) is 0 Å². The highest BCUT2D eigenvalue weighted by Crippen LogP contribution is 2.27. The highest BCUT2D eigenvalue weighted by molar-refractivity contribution is 4.96. The van der Waals surface area contributed by atoms with Crippen LogP contribution in [0.15, 0.2) is 97.2 Å². The van der Waals surface area contributed by atoms with Crippen LogP contribution in [0.4, 0.5) is 0 Å². The zero-order valence-corrected chi connectivity index (χ0v) is 53.9. The minimum absolute atomic E-state index is 0.847. The maximum Gasteiger partial charge on any atom is 0.203 e. The number of hydrogen-bond acceptors (Lipinski definition) is 4. The molecule has 1 atom stereocenters. The van der Waals surface area contributed by atoms with Crippen LogP contribution in [0.2, 0.25) is 0 Å². The van der Waals surface area contributed by atoms with E-state index in [4.69, 9.17) is 0 Å². The van der Waals surface area contributed by atoms with Crippen molar-refractivity contribution in [2.45, 2.75) is 355 Å². The van der Waals surface area contributed by atoms with Gasteiger partial charge in [-0.15, -0.1) is 0 Å². The average Bonchev–Trinajstić information content (AvgIpc) is 3.48. The lowest BCUT2D eigenvalue weighted by Gasteiger charge is -2.49. The topological polar surface area (TPSA) is 46.9 Å². The number of aliphatic hydroxyl groups excluding tert-OH is 1. The quantitative estimate of drug-likeness (QED) is 0.0362. The predicted molar refractivity (Wildman–Crippen MR) is 357 cm³/mol. The monoisotopic (exact) mass is 1100 g/mol. The van der Waals surface area contributed by atoms with Crippen LogP contribution >= 0.6 is 0 Å². The first-order valence-electron chi connectivity index (χ1n) is 35.1. The molecule has 0 bridgehead atoms. The number of aliphatic hydroxyl groups is 2. The molecular formula is C75H138N2O2. The van der Waals surface area contributed by atoms with E-state index in [1.807, 2.05) is 6.92 Å². The summed E-state index contributed by atoms with van der Waals surface area (Å²) < 4.78 is 0. The maximum atomic E-state index is 13.1. The van der Waals surface area contributed by atoms with Crippen molar-refractivity contribution in [2.75, 3.05) is 26.2 Å². The second kappa shape index (κ2) is 64.9. The van der Waals surface area contributed by atoms with Gasteiger partial charge >= 0.3 is 0 Å². The molecule has 0 aromatic carbocycles. The van der Waals surface area contributed by atoms with Gasteiger partial charge < -0.3 is 10.2 Å². The Morgan fingerprint density at radius 1 is 0.253 bits per heavy atom. The van der Waals surface area contributed by atoms with E-state index in [-0.39, 0.29) is 0 Å². The molecule has 0 aromatic rings. The first-order valence-corrected chi connectivity index (χ1v) is 35.1. The smallest absolute Gasteiger partial charge is 0.203 e. The van der Waals surface area contributed by atoms with Crippen molar-refractivity contribution in [3.8, 4) is 0 Å². The number of allylic oxidation sites excluding steroid dienone is 16. The SMILES string of the molecule is CCCCC/C=C\C/C=C\CCCCCCCCN(CCCCCCCC/C=C\C/C=C\CCCCC)C(O)(C(C)O)N(CCCCCCCC/C=C\C/C=C\CCCCC)CCCCCCCC/C=C\C/C=C\CCCCC. The van der Waals surface area contributed by atoms with E-state index in [0.29, 0.717) is 0 Å². The fourth-order valence-electron chi connectivity index (χ4n) is 10.8. The van der Waals surface area contributed by atoms with E-state index >= 15 is 0 Å². The Kier molecular flexibility index (Phi) is 63.1. The van der Waals surface area contributed by atoms with Gasteiger partial charge in [0.1, 0.15) is 6.10 Å². The third kappa shape index (κ3) is 53.5. The van der Waals surface area contributed by atoms with Crippen LogP contribution in [-0.4, -0.2) is 58.1 Å². The lowest BCUT2D eigenvalue weighted by atomic mass is 10.0. The van der Waals surface area contributed by atoms with E-state index in [1.165, 1.54) is 257 Å². The van der Waals surface area contributed by atoms with E-state index in [1.54, 1.807) is 0 Å². The average molecular weight is 1100 g/mol. The number of hydrogen-bond donors (Lipinski definition) is 2. The summed E-state index contributed by atoms with van der Waals surface area (Å²) in [6.07, 6.45) is 96.0. The Morgan fingerprint density at radius 2 is 0.418 bits per heavy atom. The van der Waals surface area contributed by atoms with Gasteiger partial charge in [-0.3, -0.25) is 9.80 Å². The third-order valence-electron chi connectivity index (χ3n) is 16.0.